The molecule has 9 atom stereocenters. The molecule has 13 rings (SSSR count). The second kappa shape index (κ2) is 18.8. The molecule has 7 bridgehead atoms. The maximum atomic E-state index is 15.4. The van der Waals surface area contributed by atoms with Crippen molar-refractivity contribution in [3.63, 3.8) is 0 Å². The molecule has 8 aliphatic carbocycles. The van der Waals surface area contributed by atoms with Gasteiger partial charge >= 0.3 is 11.9 Å². The summed E-state index contributed by atoms with van der Waals surface area (Å²) >= 11 is 0. The highest BCUT2D eigenvalue weighted by molar-refractivity contribution is 8.76. The minimum absolute atomic E-state index is 0.0192. The number of imide groups is 1. The number of fused-ring (bicyclic) bond motifs is 3. The first kappa shape index (κ1) is 46.4. The number of rotatable bonds is 9. The number of anilines is 1. The normalized spacial score (nSPS) is 35.0. The molecule has 1 aromatic rings. The highest BCUT2D eigenvalue weighted by Crippen LogP contribution is 2.73. The van der Waals surface area contributed by atoms with Crippen molar-refractivity contribution >= 4 is 51.2 Å². The topological polar surface area (TPSA) is 147 Å². The van der Waals surface area contributed by atoms with E-state index in [1.165, 1.54) is 74.0 Å². The summed E-state index contributed by atoms with van der Waals surface area (Å²) in [6.45, 7) is 2.93. The molecule has 11 nitrogen and oxygen atoms in total. The molecule has 1 aromatic heterocycles. The Kier molecular flexibility index (Phi) is 12.6. The fourth-order valence-electron chi connectivity index (χ4n) is 16.4. The molecule has 1 saturated heterocycles. The summed E-state index contributed by atoms with van der Waals surface area (Å²) in [4.78, 5) is 63.5. The third-order valence-corrected chi connectivity index (χ3v) is 22.2. The predicted molar refractivity (Wildman–Crippen MR) is 268 cm³/mol. The number of esters is 2. The summed E-state index contributed by atoms with van der Waals surface area (Å²) in [5, 5.41) is 19.2. The first-order valence-corrected chi connectivity index (χ1v) is 29.4. The number of aromatic nitrogens is 1. The van der Waals surface area contributed by atoms with Gasteiger partial charge in [-0.1, -0.05) is 92.7 Å². The summed E-state index contributed by atoms with van der Waals surface area (Å²) < 4.78 is 13.5. The van der Waals surface area contributed by atoms with Gasteiger partial charge in [-0.15, -0.1) is 0 Å². The number of hydrogen-bond acceptors (Lipinski definition) is 12. The fourth-order valence-corrected chi connectivity index (χ4v) is 19.0. The van der Waals surface area contributed by atoms with Gasteiger partial charge in [0.1, 0.15) is 17.3 Å². The number of hydrogen-bond donors (Lipinski definition) is 3. The molecule has 1 spiro atoms. The summed E-state index contributed by atoms with van der Waals surface area (Å²) in [6.07, 6.45) is 28.7. The van der Waals surface area contributed by atoms with E-state index in [0.717, 1.165) is 98.7 Å². The second-order valence-electron chi connectivity index (χ2n) is 22.7. The predicted octanol–water partition coefficient (Wildman–Crippen LogP) is 10.6. The van der Waals surface area contributed by atoms with Crippen molar-refractivity contribution in [1.29, 1.82) is 0 Å². The molecule has 2 amide bonds. The van der Waals surface area contributed by atoms with Crippen molar-refractivity contribution in [3.8, 4) is 0 Å². The molecule has 69 heavy (non-hydrogen) atoms. The lowest BCUT2D eigenvalue weighted by molar-refractivity contribution is -0.137. The number of aliphatic hydroxyl groups is 1. The highest BCUT2D eigenvalue weighted by Gasteiger charge is 2.70. The van der Waals surface area contributed by atoms with Crippen LogP contribution in [0.1, 0.15) is 153 Å². The Morgan fingerprint density at radius 3 is 2.43 bits per heavy atom. The Balaban J connectivity index is 1.03. The van der Waals surface area contributed by atoms with Crippen LogP contribution in [0.3, 0.4) is 0 Å². The molecule has 0 aromatic carbocycles. The first-order chi connectivity index (χ1) is 33.7. The van der Waals surface area contributed by atoms with Crippen LogP contribution in [0.15, 0.2) is 75.9 Å². The number of carbonyl (C=O) groups excluding carboxylic acids is 4. The summed E-state index contributed by atoms with van der Waals surface area (Å²) in [5.74, 6) is 1.82. The van der Waals surface area contributed by atoms with Gasteiger partial charge in [0.2, 0.25) is 0 Å². The lowest BCUT2D eigenvalue weighted by Crippen LogP contribution is -2.54. The summed E-state index contributed by atoms with van der Waals surface area (Å²) in [5.41, 5.74) is 4.91. The molecule has 4 saturated carbocycles. The van der Waals surface area contributed by atoms with Crippen LogP contribution >= 0.6 is 21.6 Å². The van der Waals surface area contributed by atoms with E-state index in [0.29, 0.717) is 54.2 Å². The third kappa shape index (κ3) is 7.78. The zero-order valence-corrected chi connectivity index (χ0v) is 41.9. The van der Waals surface area contributed by atoms with Crippen molar-refractivity contribution in [3.05, 3.63) is 81.5 Å². The van der Waals surface area contributed by atoms with Gasteiger partial charge in [-0.3, -0.25) is 14.5 Å². The molecule has 4 aliphatic heterocycles. The number of ether oxygens (including phenoxy) is 2. The van der Waals surface area contributed by atoms with Gasteiger partial charge in [-0.25, -0.2) is 14.6 Å². The standard InChI is InChI=1S/C56H70N4O7S2/c1-2-55(23-9-10-24-55)40-17-15-35-27-38-37-21-25-56(49(38)48-46(35)51(40)67-53(48)64)42-18-16-36(32-11-5-3-6-12-32)52(58-29-41(61)33-13-7-4-8-14-33)69-68-31-59-43-28-34(22-26-57-43)39(47(37)50(56)54(65)66-42)30-60-44(62)19-20-45(60)63/h18-20,22,26,28,32-33,35-39,41,49,52,58,61H,2-17,21,23-25,27,29-31H2,1H3,(H,57,59). The van der Waals surface area contributed by atoms with Crippen molar-refractivity contribution in [2.45, 2.75) is 159 Å². The number of amides is 2. The van der Waals surface area contributed by atoms with Crippen molar-refractivity contribution < 1.29 is 33.8 Å². The zero-order valence-electron chi connectivity index (χ0n) is 40.3. The van der Waals surface area contributed by atoms with Gasteiger partial charge in [0.05, 0.1) is 28.3 Å². The summed E-state index contributed by atoms with van der Waals surface area (Å²) in [6, 6.07) is 4.02. The molecule has 12 aliphatic rings. The van der Waals surface area contributed by atoms with E-state index in [2.05, 4.69) is 23.6 Å². The van der Waals surface area contributed by atoms with Crippen LogP contribution in [0.2, 0.25) is 0 Å². The van der Waals surface area contributed by atoms with E-state index >= 15 is 9.59 Å². The van der Waals surface area contributed by atoms with E-state index in [4.69, 9.17) is 14.5 Å². The fraction of sp³-hybridized carbons (Fsp3) is 0.661. The quantitative estimate of drug-likeness (QED) is 0.123. The number of nitrogens with zero attached hydrogens (tertiary/aromatic N) is 2. The Bertz CT molecular complexity index is 2420. The largest absolute Gasteiger partial charge is 0.427 e. The Hall–Kier alpha value is -3.65. The third-order valence-electron chi connectivity index (χ3n) is 19.7. The molecule has 9 unspecified atom stereocenters. The van der Waals surface area contributed by atoms with Gasteiger partial charge in [-0.05, 0) is 146 Å². The van der Waals surface area contributed by atoms with E-state index in [1.807, 2.05) is 22.9 Å². The highest BCUT2D eigenvalue weighted by atomic mass is 33.1. The molecule has 5 fully saturated rings. The van der Waals surface area contributed by atoms with E-state index < -0.39 is 17.4 Å². The maximum absolute atomic E-state index is 15.4. The van der Waals surface area contributed by atoms with Crippen LogP contribution in [0, 0.1) is 52.3 Å². The number of allylic oxidation sites excluding steroid dienone is 4. The van der Waals surface area contributed by atoms with Crippen LogP contribution in [-0.2, 0) is 28.7 Å². The van der Waals surface area contributed by atoms with E-state index in [1.54, 1.807) is 17.0 Å². The van der Waals surface area contributed by atoms with Crippen LogP contribution in [0.4, 0.5) is 5.82 Å². The zero-order chi connectivity index (χ0) is 47.0. The van der Waals surface area contributed by atoms with Crippen LogP contribution in [-0.4, -0.2) is 69.2 Å². The minimum Gasteiger partial charge on any atom is -0.427 e. The summed E-state index contributed by atoms with van der Waals surface area (Å²) in [7, 11) is 3.59. The maximum Gasteiger partial charge on any atom is 0.340 e. The van der Waals surface area contributed by atoms with E-state index in [-0.39, 0.29) is 70.7 Å². The Morgan fingerprint density at radius 2 is 1.67 bits per heavy atom. The monoisotopic (exact) mass is 974 g/mol. The van der Waals surface area contributed by atoms with Gasteiger partial charge in [-0.2, -0.15) is 0 Å². The molecule has 5 heterocycles. The molecule has 13 heteroatoms. The minimum atomic E-state index is -0.916. The van der Waals surface area contributed by atoms with Crippen molar-refractivity contribution in [2.24, 2.45) is 52.3 Å². The smallest absolute Gasteiger partial charge is 0.340 e. The average molecular weight is 975 g/mol. The number of nitrogens with one attached hydrogen (secondary N) is 2. The van der Waals surface area contributed by atoms with Gasteiger partial charge in [0.25, 0.3) is 11.8 Å². The molecular weight excluding hydrogens is 905 g/mol. The molecule has 3 N–H and O–H groups in total. The SMILES string of the molecule is CCC1(C2=C3OC(=O)C4=C3C(CC2)CC2C3CCC5(C6=CCC(C7CCCCC7)C(NCC(O)C7CCCCC7)SSCNc7cc(ccn7)C(CN7C(=O)C=CC7=O)C3=C5C(=O)O6)C42)CCCC1. The lowest BCUT2D eigenvalue weighted by atomic mass is 9.42. The van der Waals surface area contributed by atoms with Gasteiger partial charge < -0.3 is 25.2 Å². The number of aliphatic hydroxyl groups excluding tert-OH is 1. The molecular formula is C56H70N4O7S2. The Morgan fingerprint density at radius 1 is 0.899 bits per heavy atom. The molecule has 0 radical (unpaired) electrons. The lowest BCUT2D eigenvalue weighted by Gasteiger charge is -2.58. The molecule has 368 valence electrons. The van der Waals surface area contributed by atoms with Gasteiger partial charge in [0.15, 0.2) is 0 Å². The Labute approximate surface area is 415 Å². The van der Waals surface area contributed by atoms with Crippen molar-refractivity contribution in [2.75, 3.05) is 24.3 Å². The number of carbonyl (C=O) groups is 4. The average Bonchev–Trinajstić information content (AvgIpc) is 4.16. The number of pyridine rings is 1. The van der Waals surface area contributed by atoms with Crippen LogP contribution in [0.5, 0.6) is 0 Å². The van der Waals surface area contributed by atoms with Crippen LogP contribution < -0.4 is 10.6 Å². The van der Waals surface area contributed by atoms with Crippen molar-refractivity contribution in [1.82, 2.24) is 15.2 Å². The second-order valence-corrected chi connectivity index (χ2v) is 25.2. The van der Waals surface area contributed by atoms with Crippen LogP contribution in [0.25, 0.3) is 0 Å². The van der Waals surface area contributed by atoms with Gasteiger partial charge in [0, 0.05) is 54.4 Å². The first-order valence-electron chi connectivity index (χ1n) is 27.0. The van der Waals surface area contributed by atoms with E-state index in [9.17, 15) is 14.7 Å².